The molecule has 0 spiro atoms. The molecule has 1 amide bonds. The molecule has 218 valence electrons. The molecule has 0 saturated carbocycles. The number of primary amides is 1. The summed E-state index contributed by atoms with van der Waals surface area (Å²) in [4.78, 5) is 18.7. The number of hydrogen-bond donors (Lipinski definition) is 3. The summed E-state index contributed by atoms with van der Waals surface area (Å²) in [5.41, 5.74) is 9.30. The summed E-state index contributed by atoms with van der Waals surface area (Å²) >= 11 is 0. The van der Waals surface area contributed by atoms with Crippen molar-refractivity contribution in [2.24, 2.45) is 5.73 Å². The number of alkyl halides is 3. The molecule has 0 aliphatic carbocycles. The minimum Gasteiger partial charge on any atom is -0.492 e. The fourth-order valence-electron chi connectivity index (χ4n) is 5.22. The molecule has 0 bridgehead atoms. The van der Waals surface area contributed by atoms with E-state index >= 15 is 0 Å². The van der Waals surface area contributed by atoms with Crippen molar-refractivity contribution in [1.82, 2.24) is 9.88 Å². The SMILES string of the molecule is CCc1c(NC2CCOCC2)nc(Nc2ccc([N+]3=CCN(CC(F)(F)F)CC3)c(OC[SiH3])c2)c(C(N)=O)c1C. The molecule has 1 aromatic carbocycles. The van der Waals surface area contributed by atoms with Crippen molar-refractivity contribution in [2.45, 2.75) is 45.3 Å². The average Bonchev–Trinajstić information content (AvgIpc) is 2.89. The molecule has 13 heteroatoms. The number of benzene rings is 1. The van der Waals surface area contributed by atoms with Gasteiger partial charge in [0.25, 0.3) is 5.91 Å². The molecular weight excluding hydrogens is 541 g/mol. The largest absolute Gasteiger partial charge is 0.492 e. The van der Waals surface area contributed by atoms with Crippen molar-refractivity contribution in [3.8, 4) is 5.75 Å². The first-order valence-electron chi connectivity index (χ1n) is 13.7. The molecule has 4 N–H and O–H groups in total. The first-order chi connectivity index (χ1) is 19.1. The number of carbonyl (C=O) groups is 1. The summed E-state index contributed by atoms with van der Waals surface area (Å²) in [6.07, 6.45) is 0.494. The number of rotatable bonds is 10. The molecule has 0 unspecified atom stereocenters. The average molecular weight is 580 g/mol. The Morgan fingerprint density at radius 1 is 1.30 bits per heavy atom. The van der Waals surface area contributed by atoms with Crippen molar-refractivity contribution in [3.63, 3.8) is 0 Å². The summed E-state index contributed by atoms with van der Waals surface area (Å²) in [5, 5.41) is 6.82. The zero-order valence-corrected chi connectivity index (χ0v) is 25.2. The second kappa shape index (κ2) is 13.0. The molecule has 1 saturated heterocycles. The van der Waals surface area contributed by atoms with Crippen LogP contribution in [0.2, 0.25) is 0 Å². The molecule has 40 heavy (non-hydrogen) atoms. The Bertz CT molecular complexity index is 1250. The smallest absolute Gasteiger partial charge is 0.401 e. The Balaban J connectivity index is 1.63. The molecular formula is C27H38F3N6O3Si+. The molecule has 9 nitrogen and oxygen atoms in total. The third-order valence-electron chi connectivity index (χ3n) is 7.19. The Morgan fingerprint density at radius 3 is 2.65 bits per heavy atom. The molecule has 3 heterocycles. The highest BCUT2D eigenvalue weighted by Gasteiger charge is 2.33. The third-order valence-corrected chi connectivity index (χ3v) is 7.48. The van der Waals surface area contributed by atoms with Gasteiger partial charge in [-0.3, -0.25) is 9.69 Å². The maximum atomic E-state index is 12.8. The summed E-state index contributed by atoms with van der Waals surface area (Å²) in [7, 11) is 0.803. The van der Waals surface area contributed by atoms with Crippen LogP contribution in [-0.4, -0.2) is 94.7 Å². The minimum atomic E-state index is -4.23. The normalized spacial score (nSPS) is 17.0. The highest BCUT2D eigenvalue weighted by atomic mass is 28.1. The highest BCUT2D eigenvalue weighted by Crippen LogP contribution is 2.35. The Labute approximate surface area is 235 Å². The molecule has 1 fully saturated rings. The van der Waals surface area contributed by atoms with E-state index in [9.17, 15) is 18.0 Å². The van der Waals surface area contributed by atoms with Crippen LogP contribution in [0.15, 0.2) is 18.2 Å². The van der Waals surface area contributed by atoms with Crippen LogP contribution in [-0.2, 0) is 11.2 Å². The minimum absolute atomic E-state index is 0.192. The van der Waals surface area contributed by atoms with E-state index in [1.54, 1.807) is 6.21 Å². The lowest BCUT2D eigenvalue weighted by atomic mass is 10.00. The number of nitrogens with two attached hydrogens (primary N) is 1. The van der Waals surface area contributed by atoms with Crippen molar-refractivity contribution in [3.05, 3.63) is 34.9 Å². The van der Waals surface area contributed by atoms with Gasteiger partial charge >= 0.3 is 6.18 Å². The number of carbonyl (C=O) groups excluding carboxylic acids is 1. The lowest BCUT2D eigenvalue weighted by Gasteiger charge is -2.26. The number of hydrogen-bond acceptors (Lipinski definition) is 7. The first kappa shape index (κ1) is 29.8. The van der Waals surface area contributed by atoms with Gasteiger partial charge in [-0.05, 0) is 43.4 Å². The zero-order valence-electron chi connectivity index (χ0n) is 23.2. The van der Waals surface area contributed by atoms with E-state index in [0.29, 0.717) is 55.2 Å². The van der Waals surface area contributed by atoms with Gasteiger partial charge in [0.1, 0.15) is 11.6 Å². The van der Waals surface area contributed by atoms with Crippen LogP contribution < -0.4 is 21.1 Å². The van der Waals surface area contributed by atoms with Gasteiger partial charge in [-0.25, -0.2) is 4.98 Å². The standard InChI is InChI=1S/C27H37F3N6O3Si/c1-3-20-17(2)23(24(31)37)26(34-25(20)32-18-6-12-38-13-7-18)33-19-4-5-21(22(14-19)39-16-40)36-10-8-35(9-11-36)15-27(28,29)30/h4-5,10,14,18H,3,6-9,11-13,15-16H2,1-2,40H3,(H3-,31,32,33,34,37)/p+1. The molecule has 4 rings (SSSR count). The fraction of sp³-hybridized carbons (Fsp3) is 0.519. The Morgan fingerprint density at radius 2 is 2.05 bits per heavy atom. The molecule has 1 aromatic heterocycles. The number of pyridine rings is 1. The number of anilines is 3. The predicted octanol–water partition coefficient (Wildman–Crippen LogP) is 2.68. The summed E-state index contributed by atoms with van der Waals surface area (Å²) in [5.74, 6) is 1.11. The Kier molecular flexibility index (Phi) is 9.69. The monoisotopic (exact) mass is 579 g/mol. The van der Waals surface area contributed by atoms with Crippen molar-refractivity contribution >= 4 is 45.4 Å². The van der Waals surface area contributed by atoms with Gasteiger partial charge in [0.2, 0.25) is 5.69 Å². The maximum Gasteiger partial charge on any atom is 0.401 e. The van der Waals surface area contributed by atoms with E-state index in [1.165, 1.54) is 4.90 Å². The van der Waals surface area contributed by atoms with Crippen LogP contribution in [0.25, 0.3) is 0 Å². The van der Waals surface area contributed by atoms with Gasteiger partial charge in [0, 0.05) is 37.1 Å². The van der Waals surface area contributed by atoms with Gasteiger partial charge in [-0.1, -0.05) is 6.92 Å². The van der Waals surface area contributed by atoms with Crippen molar-refractivity contribution < 1.29 is 32.0 Å². The van der Waals surface area contributed by atoms with Crippen LogP contribution in [0, 0.1) is 6.92 Å². The number of amides is 1. The van der Waals surface area contributed by atoms with Crippen LogP contribution in [0.3, 0.4) is 0 Å². The second-order valence-electron chi connectivity index (χ2n) is 10.0. The predicted molar refractivity (Wildman–Crippen MR) is 153 cm³/mol. The van der Waals surface area contributed by atoms with Gasteiger partial charge in [-0.2, -0.15) is 17.7 Å². The van der Waals surface area contributed by atoms with Crippen molar-refractivity contribution in [1.29, 1.82) is 0 Å². The zero-order chi connectivity index (χ0) is 28.9. The molecule has 0 atom stereocenters. The number of ether oxygens (including phenoxy) is 2. The van der Waals surface area contributed by atoms with E-state index in [2.05, 4.69) is 10.6 Å². The van der Waals surface area contributed by atoms with Crippen molar-refractivity contribution in [2.75, 3.05) is 56.3 Å². The van der Waals surface area contributed by atoms with Gasteiger partial charge < -0.3 is 25.8 Å². The van der Waals surface area contributed by atoms with E-state index in [4.69, 9.17) is 20.2 Å². The van der Waals surface area contributed by atoms with Crippen LogP contribution >= 0.6 is 0 Å². The molecule has 2 aliphatic heterocycles. The van der Waals surface area contributed by atoms with Gasteiger partial charge in [-0.15, -0.1) is 0 Å². The van der Waals surface area contributed by atoms with Gasteiger partial charge in [0.05, 0.1) is 41.7 Å². The fourth-order valence-corrected chi connectivity index (χ4v) is 5.53. The molecule has 0 radical (unpaired) electrons. The number of nitrogens with zero attached hydrogens (tertiary/aromatic N) is 3. The number of nitrogens with one attached hydrogen (secondary N) is 2. The first-order valence-corrected chi connectivity index (χ1v) is 15.1. The van der Waals surface area contributed by atoms with Gasteiger partial charge in [0.15, 0.2) is 18.5 Å². The molecule has 2 aromatic rings. The lowest BCUT2D eigenvalue weighted by Crippen LogP contribution is -2.43. The van der Waals surface area contributed by atoms with E-state index in [0.717, 1.165) is 45.7 Å². The topological polar surface area (TPSA) is 105 Å². The lowest BCUT2D eigenvalue weighted by molar-refractivity contribution is -0.444. The van der Waals surface area contributed by atoms with E-state index < -0.39 is 18.6 Å². The Hall–Kier alpha value is -3.16. The third kappa shape index (κ3) is 7.32. The van der Waals surface area contributed by atoms with Crippen LogP contribution in [0.5, 0.6) is 5.75 Å². The molecule has 2 aliphatic rings. The number of halogens is 3. The highest BCUT2D eigenvalue weighted by molar-refractivity contribution is 6.08. The van der Waals surface area contributed by atoms with E-state index in [1.807, 2.05) is 36.6 Å². The summed E-state index contributed by atoms with van der Waals surface area (Å²) < 4.78 is 51.8. The quantitative estimate of drug-likeness (QED) is 0.294. The second-order valence-corrected chi connectivity index (χ2v) is 10.6. The number of aromatic nitrogens is 1. The summed E-state index contributed by atoms with van der Waals surface area (Å²) in [6, 6.07) is 5.75. The maximum absolute atomic E-state index is 12.8. The van der Waals surface area contributed by atoms with Crippen LogP contribution in [0.4, 0.5) is 36.2 Å². The van der Waals surface area contributed by atoms with Crippen LogP contribution in [0.1, 0.15) is 41.3 Å². The van der Waals surface area contributed by atoms with E-state index in [-0.39, 0.29) is 19.1 Å². The summed E-state index contributed by atoms with van der Waals surface area (Å²) in [6.45, 7) is 5.24.